The number of thiazole rings is 1. The number of hydrogen-bond acceptors (Lipinski definition) is 6. The molecule has 1 aromatic carbocycles. The van der Waals surface area contributed by atoms with Crippen LogP contribution < -0.4 is 20.5 Å². The van der Waals surface area contributed by atoms with E-state index >= 15 is 0 Å². The van der Waals surface area contributed by atoms with E-state index in [1.165, 1.54) is 7.11 Å². The number of ether oxygens (including phenoxy) is 2. The maximum absolute atomic E-state index is 10.9. The summed E-state index contributed by atoms with van der Waals surface area (Å²) >= 11 is 7.86. The molecule has 0 aliphatic rings. The average Bonchev–Trinajstić information content (AvgIpc) is 2.97. The van der Waals surface area contributed by atoms with Crippen molar-refractivity contribution in [2.24, 2.45) is 5.73 Å². The van der Waals surface area contributed by atoms with Gasteiger partial charge in [0.25, 0.3) is 5.91 Å². The molecule has 0 aliphatic heterocycles. The van der Waals surface area contributed by atoms with Gasteiger partial charge in [0, 0.05) is 17.6 Å². The molecule has 3 N–H and O–H groups in total. The molecule has 130 valence electrons. The van der Waals surface area contributed by atoms with Gasteiger partial charge in [-0.1, -0.05) is 11.6 Å². The van der Waals surface area contributed by atoms with Crippen LogP contribution >= 0.6 is 22.9 Å². The van der Waals surface area contributed by atoms with E-state index < -0.39 is 5.91 Å². The van der Waals surface area contributed by atoms with Crippen LogP contribution in [0.15, 0.2) is 17.5 Å². The van der Waals surface area contributed by atoms with E-state index in [1.807, 2.05) is 18.4 Å². The number of benzene rings is 1. The summed E-state index contributed by atoms with van der Waals surface area (Å²) in [5.41, 5.74) is 7.04. The van der Waals surface area contributed by atoms with Crippen LogP contribution in [-0.4, -0.2) is 24.6 Å². The lowest BCUT2D eigenvalue weighted by Crippen LogP contribution is -2.20. The molecule has 2 rings (SSSR count). The third-order valence-electron chi connectivity index (χ3n) is 3.27. The van der Waals surface area contributed by atoms with Crippen molar-refractivity contribution >= 4 is 28.8 Å². The molecule has 2 aromatic rings. The standard InChI is InChI=1S/C16H20ClN3O3S/c1-9-8-24-16(20-9)10(2)19-6-11-4-12(17)15(13(5-11)22-3)23-7-14(18)21/h4-5,8,10,19H,6-7H2,1-3H3,(H2,18,21). The zero-order valence-corrected chi connectivity index (χ0v) is 15.3. The predicted octanol–water partition coefficient (Wildman–Crippen LogP) is 2.83. The molecule has 0 fully saturated rings. The summed E-state index contributed by atoms with van der Waals surface area (Å²) in [5, 5.41) is 6.82. The second kappa shape index (κ2) is 8.32. The molecular weight excluding hydrogens is 350 g/mol. The van der Waals surface area contributed by atoms with Crippen LogP contribution in [0, 0.1) is 6.92 Å². The van der Waals surface area contributed by atoms with E-state index in [1.54, 1.807) is 17.4 Å². The highest BCUT2D eigenvalue weighted by atomic mass is 35.5. The summed E-state index contributed by atoms with van der Waals surface area (Å²) in [5.74, 6) is 0.190. The molecule has 0 saturated heterocycles. The molecule has 8 heteroatoms. The number of nitrogens with zero attached hydrogens (tertiary/aromatic N) is 1. The first-order valence-corrected chi connectivity index (χ1v) is 8.59. The van der Waals surface area contributed by atoms with Crippen LogP contribution in [0.3, 0.4) is 0 Å². The van der Waals surface area contributed by atoms with Gasteiger partial charge in [0.15, 0.2) is 18.1 Å². The third kappa shape index (κ3) is 4.83. The molecule has 1 unspecified atom stereocenters. The Labute approximate surface area is 149 Å². The smallest absolute Gasteiger partial charge is 0.255 e. The molecule has 1 heterocycles. The maximum atomic E-state index is 10.9. The van der Waals surface area contributed by atoms with Gasteiger partial charge in [-0.25, -0.2) is 4.98 Å². The number of hydrogen-bond donors (Lipinski definition) is 2. The van der Waals surface area contributed by atoms with E-state index in [9.17, 15) is 4.79 Å². The predicted molar refractivity (Wildman–Crippen MR) is 94.8 cm³/mol. The fourth-order valence-corrected chi connectivity index (χ4v) is 3.20. The normalized spacial score (nSPS) is 12.0. The highest BCUT2D eigenvalue weighted by Gasteiger charge is 2.14. The fourth-order valence-electron chi connectivity index (χ4n) is 2.09. The minimum atomic E-state index is -0.577. The van der Waals surface area contributed by atoms with Gasteiger partial charge in [-0.05, 0) is 31.5 Å². The van der Waals surface area contributed by atoms with Crippen molar-refractivity contribution in [1.82, 2.24) is 10.3 Å². The molecule has 6 nitrogen and oxygen atoms in total. The van der Waals surface area contributed by atoms with E-state index in [-0.39, 0.29) is 12.6 Å². The summed E-state index contributed by atoms with van der Waals surface area (Å²) in [4.78, 5) is 15.3. The molecular formula is C16H20ClN3O3S. The zero-order chi connectivity index (χ0) is 17.7. The van der Waals surface area contributed by atoms with Crippen molar-refractivity contribution in [2.75, 3.05) is 13.7 Å². The summed E-state index contributed by atoms with van der Waals surface area (Å²) < 4.78 is 10.6. The van der Waals surface area contributed by atoms with Crippen molar-refractivity contribution in [2.45, 2.75) is 26.4 Å². The lowest BCUT2D eigenvalue weighted by molar-refractivity contribution is -0.119. The average molecular weight is 370 g/mol. The van der Waals surface area contributed by atoms with Gasteiger partial charge < -0.3 is 20.5 Å². The van der Waals surface area contributed by atoms with E-state index in [4.69, 9.17) is 26.8 Å². The number of carbonyl (C=O) groups is 1. The number of aryl methyl sites for hydroxylation is 1. The van der Waals surface area contributed by atoms with Gasteiger partial charge in [-0.15, -0.1) is 11.3 Å². The molecule has 1 atom stereocenters. The summed E-state index contributed by atoms with van der Waals surface area (Å²) in [7, 11) is 1.51. The molecule has 1 amide bonds. The van der Waals surface area contributed by atoms with Gasteiger partial charge in [-0.3, -0.25) is 4.79 Å². The summed E-state index contributed by atoms with van der Waals surface area (Å²) in [6.07, 6.45) is 0. The highest BCUT2D eigenvalue weighted by molar-refractivity contribution is 7.09. The maximum Gasteiger partial charge on any atom is 0.255 e. The first-order chi connectivity index (χ1) is 11.4. The van der Waals surface area contributed by atoms with E-state index in [0.717, 1.165) is 16.3 Å². The van der Waals surface area contributed by atoms with Crippen molar-refractivity contribution in [3.63, 3.8) is 0 Å². The Kier molecular flexibility index (Phi) is 6.42. The molecule has 0 radical (unpaired) electrons. The number of amides is 1. The molecule has 24 heavy (non-hydrogen) atoms. The van der Waals surface area contributed by atoms with Gasteiger partial charge in [0.05, 0.1) is 18.2 Å². The summed E-state index contributed by atoms with van der Waals surface area (Å²) in [6.45, 7) is 4.36. The lowest BCUT2D eigenvalue weighted by atomic mass is 10.2. The second-order valence-electron chi connectivity index (χ2n) is 5.29. The van der Waals surface area contributed by atoms with Crippen LogP contribution in [0.5, 0.6) is 11.5 Å². The van der Waals surface area contributed by atoms with Crippen LogP contribution in [-0.2, 0) is 11.3 Å². The van der Waals surface area contributed by atoms with Crippen molar-refractivity contribution < 1.29 is 14.3 Å². The molecule has 0 bridgehead atoms. The van der Waals surface area contributed by atoms with Crippen LogP contribution in [0.1, 0.15) is 29.2 Å². The molecule has 0 aliphatic carbocycles. The SMILES string of the molecule is COc1cc(CNC(C)c2nc(C)cs2)cc(Cl)c1OCC(N)=O. The number of nitrogens with two attached hydrogens (primary N) is 1. The van der Waals surface area contributed by atoms with Gasteiger partial charge in [0.2, 0.25) is 0 Å². The van der Waals surface area contributed by atoms with Crippen LogP contribution in [0.25, 0.3) is 0 Å². The first kappa shape index (κ1) is 18.5. The third-order valence-corrected chi connectivity index (χ3v) is 4.69. The Morgan fingerprint density at radius 2 is 2.25 bits per heavy atom. The fraction of sp³-hybridized carbons (Fsp3) is 0.375. The van der Waals surface area contributed by atoms with Crippen LogP contribution in [0.2, 0.25) is 5.02 Å². The van der Waals surface area contributed by atoms with Crippen molar-refractivity contribution in [3.8, 4) is 11.5 Å². The number of halogens is 1. The van der Waals surface area contributed by atoms with Gasteiger partial charge in [-0.2, -0.15) is 0 Å². The van der Waals surface area contributed by atoms with Gasteiger partial charge >= 0.3 is 0 Å². The first-order valence-electron chi connectivity index (χ1n) is 7.33. The largest absolute Gasteiger partial charge is 0.493 e. The van der Waals surface area contributed by atoms with Gasteiger partial charge in [0.1, 0.15) is 5.01 Å². The Morgan fingerprint density at radius 1 is 1.50 bits per heavy atom. The molecule has 0 saturated carbocycles. The van der Waals surface area contributed by atoms with E-state index in [2.05, 4.69) is 17.2 Å². The quantitative estimate of drug-likeness (QED) is 0.747. The lowest BCUT2D eigenvalue weighted by Gasteiger charge is -2.15. The second-order valence-corrected chi connectivity index (χ2v) is 6.59. The number of methoxy groups -OCH3 is 1. The number of primary amides is 1. The Morgan fingerprint density at radius 3 is 2.83 bits per heavy atom. The number of carbonyl (C=O) groups excluding carboxylic acids is 1. The Bertz CT molecular complexity index is 721. The Balaban J connectivity index is 2.07. The van der Waals surface area contributed by atoms with Crippen molar-refractivity contribution in [1.29, 1.82) is 0 Å². The zero-order valence-electron chi connectivity index (χ0n) is 13.8. The molecule has 1 aromatic heterocycles. The van der Waals surface area contributed by atoms with Crippen molar-refractivity contribution in [3.05, 3.63) is 38.8 Å². The topological polar surface area (TPSA) is 86.5 Å². The minimum absolute atomic E-state index is 0.124. The number of aromatic nitrogens is 1. The number of rotatable bonds is 8. The highest BCUT2D eigenvalue weighted by Crippen LogP contribution is 2.36. The number of nitrogens with one attached hydrogen (secondary N) is 1. The molecule has 0 spiro atoms. The minimum Gasteiger partial charge on any atom is -0.493 e. The summed E-state index contributed by atoms with van der Waals surface area (Å²) in [6, 6.07) is 3.71. The van der Waals surface area contributed by atoms with E-state index in [0.29, 0.717) is 23.1 Å². The van der Waals surface area contributed by atoms with Crippen LogP contribution in [0.4, 0.5) is 0 Å². The monoisotopic (exact) mass is 369 g/mol. The Hall–Kier alpha value is -1.83.